The molecule has 0 saturated carbocycles. The van der Waals surface area contributed by atoms with Gasteiger partial charge in [-0.05, 0) is 19.4 Å². The first-order valence-electron chi connectivity index (χ1n) is 9.66. The number of rotatable bonds is 9. The number of ether oxygens (including phenoxy) is 2. The molecule has 0 spiro atoms. The van der Waals surface area contributed by atoms with Gasteiger partial charge in [0.25, 0.3) is 5.91 Å². The van der Waals surface area contributed by atoms with Gasteiger partial charge < -0.3 is 19.4 Å². The molecule has 9 nitrogen and oxygen atoms in total. The third kappa shape index (κ3) is 4.34. The Hall–Kier alpha value is -3.07. The predicted octanol–water partition coefficient (Wildman–Crippen LogP) is 1.89. The molecule has 1 aliphatic heterocycles. The van der Waals surface area contributed by atoms with E-state index in [1.165, 1.54) is 6.20 Å². The summed E-state index contributed by atoms with van der Waals surface area (Å²) in [4.78, 5) is 36.6. The van der Waals surface area contributed by atoms with Gasteiger partial charge in [-0.15, -0.1) is 0 Å². The van der Waals surface area contributed by atoms with Crippen molar-refractivity contribution < 1.29 is 24.3 Å². The second-order valence-electron chi connectivity index (χ2n) is 6.92. The van der Waals surface area contributed by atoms with E-state index < -0.39 is 17.4 Å². The van der Waals surface area contributed by atoms with Crippen molar-refractivity contribution in [3.05, 3.63) is 34.1 Å². The fourth-order valence-electron chi connectivity index (χ4n) is 3.39. The molecular weight excluding hydrogens is 378 g/mol. The topological polar surface area (TPSA) is 110 Å². The summed E-state index contributed by atoms with van der Waals surface area (Å²) in [7, 11) is 0. The van der Waals surface area contributed by atoms with Crippen LogP contribution in [0.25, 0.3) is 10.9 Å². The molecule has 1 aromatic carbocycles. The van der Waals surface area contributed by atoms with E-state index >= 15 is 0 Å². The molecule has 29 heavy (non-hydrogen) atoms. The molecule has 2 heterocycles. The lowest BCUT2D eigenvalue weighted by Crippen LogP contribution is -2.44. The second kappa shape index (κ2) is 8.95. The molecule has 0 fully saturated rings. The van der Waals surface area contributed by atoms with Gasteiger partial charge in [0.05, 0.1) is 17.4 Å². The molecule has 2 aromatic rings. The van der Waals surface area contributed by atoms with Gasteiger partial charge >= 0.3 is 0 Å². The number of benzene rings is 1. The Bertz CT molecular complexity index is 971. The van der Waals surface area contributed by atoms with Gasteiger partial charge in [0, 0.05) is 24.8 Å². The fourth-order valence-corrected chi connectivity index (χ4v) is 3.39. The number of hydroxylamine groups is 2. The number of hydrogen-bond acceptors (Lipinski definition) is 6. The average Bonchev–Trinajstić information content (AvgIpc) is 3.18. The molecule has 9 heteroatoms. The minimum Gasteiger partial charge on any atom is -0.454 e. The second-order valence-corrected chi connectivity index (χ2v) is 6.92. The molecule has 1 aliphatic rings. The third-order valence-corrected chi connectivity index (χ3v) is 4.93. The molecule has 1 aromatic heterocycles. The van der Waals surface area contributed by atoms with Crippen LogP contribution >= 0.6 is 0 Å². The summed E-state index contributed by atoms with van der Waals surface area (Å²) in [5.74, 6) is 0.488. The van der Waals surface area contributed by atoms with Crippen molar-refractivity contribution >= 4 is 23.2 Å². The molecule has 0 unspecified atom stereocenters. The van der Waals surface area contributed by atoms with Crippen LogP contribution < -0.4 is 20.2 Å². The number of unbranched alkanes of at least 4 members (excludes halogenated alkanes) is 1. The van der Waals surface area contributed by atoms with E-state index in [9.17, 15) is 19.6 Å². The van der Waals surface area contributed by atoms with E-state index in [2.05, 4.69) is 5.32 Å². The van der Waals surface area contributed by atoms with Gasteiger partial charge in [-0.2, -0.15) is 0 Å². The van der Waals surface area contributed by atoms with Crippen molar-refractivity contribution in [3.8, 4) is 11.5 Å². The van der Waals surface area contributed by atoms with Gasteiger partial charge in [0.1, 0.15) is 5.56 Å². The highest BCUT2D eigenvalue weighted by molar-refractivity contribution is 5.98. The van der Waals surface area contributed by atoms with E-state index in [0.29, 0.717) is 40.4 Å². The largest absolute Gasteiger partial charge is 0.454 e. The molecule has 2 N–H and O–H groups in total. The quantitative estimate of drug-likeness (QED) is 0.376. The number of aromatic nitrogens is 1. The summed E-state index contributed by atoms with van der Waals surface area (Å²) in [6.45, 7) is 4.50. The van der Waals surface area contributed by atoms with Gasteiger partial charge in [-0.3, -0.25) is 19.6 Å². The number of carbonyl (C=O) groups is 2. The van der Waals surface area contributed by atoms with Crippen molar-refractivity contribution in [2.24, 2.45) is 0 Å². The molecule has 0 aliphatic carbocycles. The summed E-state index contributed by atoms with van der Waals surface area (Å²) >= 11 is 0. The normalized spacial score (nSPS) is 13.3. The third-order valence-electron chi connectivity index (χ3n) is 4.93. The van der Waals surface area contributed by atoms with Crippen LogP contribution in [0.2, 0.25) is 0 Å². The van der Waals surface area contributed by atoms with Crippen LogP contribution in [0.3, 0.4) is 0 Å². The Kier molecular flexibility index (Phi) is 6.38. The Morgan fingerprint density at radius 3 is 2.72 bits per heavy atom. The first-order chi connectivity index (χ1) is 14.0. The van der Waals surface area contributed by atoms with E-state index in [-0.39, 0.29) is 25.3 Å². The van der Waals surface area contributed by atoms with Crippen LogP contribution in [0, 0.1) is 0 Å². The standard InChI is InChI=1S/C20H25N3O6/c1-3-5-6-13(9-23(27)11-24)21-20(26)15-10-22(4-2)16-8-18-17(28-12-29-18)7-14(16)19(15)25/h7-8,10-11,13,27H,3-6,9,12H2,1-2H3,(H,21,26)/t13-/m1/s1. The summed E-state index contributed by atoms with van der Waals surface area (Å²) in [6, 6.07) is 2.86. The first-order valence-corrected chi connectivity index (χ1v) is 9.66. The van der Waals surface area contributed by atoms with Crippen molar-refractivity contribution in [1.29, 1.82) is 0 Å². The maximum Gasteiger partial charge on any atom is 0.257 e. The molecule has 1 atom stereocenters. The molecule has 0 saturated heterocycles. The number of nitrogens with zero attached hydrogens (tertiary/aromatic N) is 2. The van der Waals surface area contributed by atoms with E-state index in [1.807, 2.05) is 13.8 Å². The Labute approximate surface area is 167 Å². The summed E-state index contributed by atoms with van der Waals surface area (Å²) in [5, 5.41) is 13.1. The molecule has 2 amide bonds. The number of carbonyl (C=O) groups excluding carboxylic acids is 2. The van der Waals surface area contributed by atoms with Crippen molar-refractivity contribution in [2.45, 2.75) is 45.7 Å². The van der Waals surface area contributed by atoms with E-state index in [0.717, 1.165) is 12.8 Å². The molecule has 3 rings (SSSR count). The van der Waals surface area contributed by atoms with Crippen molar-refractivity contribution in [2.75, 3.05) is 13.3 Å². The van der Waals surface area contributed by atoms with Crippen LogP contribution in [0.1, 0.15) is 43.5 Å². The smallest absolute Gasteiger partial charge is 0.257 e. The minimum absolute atomic E-state index is 0.00435. The average molecular weight is 403 g/mol. The zero-order chi connectivity index (χ0) is 21.0. The van der Waals surface area contributed by atoms with Crippen LogP contribution in [0.15, 0.2) is 23.1 Å². The van der Waals surface area contributed by atoms with Gasteiger partial charge in [-0.25, -0.2) is 5.06 Å². The molecular formula is C20H25N3O6. The van der Waals surface area contributed by atoms with Crippen LogP contribution in [0.5, 0.6) is 11.5 Å². The predicted molar refractivity (Wildman–Crippen MR) is 105 cm³/mol. The highest BCUT2D eigenvalue weighted by Gasteiger charge is 2.22. The van der Waals surface area contributed by atoms with Gasteiger partial charge in [0.15, 0.2) is 11.5 Å². The SMILES string of the molecule is CCCC[C@H](CN(O)C=O)NC(=O)c1cn(CC)c2cc3c(cc2c1=O)OCO3. The maximum absolute atomic E-state index is 13.0. The lowest BCUT2D eigenvalue weighted by atomic mass is 10.1. The van der Waals surface area contributed by atoms with Crippen molar-refractivity contribution in [3.63, 3.8) is 0 Å². The first kappa shape index (κ1) is 20.7. The highest BCUT2D eigenvalue weighted by Crippen LogP contribution is 2.35. The summed E-state index contributed by atoms with van der Waals surface area (Å²) in [6.07, 6.45) is 4.08. The number of nitrogens with one attached hydrogen (secondary N) is 1. The maximum atomic E-state index is 13.0. The summed E-state index contributed by atoms with van der Waals surface area (Å²) < 4.78 is 12.6. The van der Waals surface area contributed by atoms with Crippen LogP contribution in [0.4, 0.5) is 0 Å². The number of pyridine rings is 1. The lowest BCUT2D eigenvalue weighted by molar-refractivity contribution is -0.151. The van der Waals surface area contributed by atoms with Crippen LogP contribution in [-0.4, -0.2) is 46.5 Å². The molecule has 0 bridgehead atoms. The molecule has 156 valence electrons. The van der Waals surface area contributed by atoms with Gasteiger partial charge in [-0.1, -0.05) is 19.8 Å². The zero-order valence-corrected chi connectivity index (χ0v) is 16.5. The van der Waals surface area contributed by atoms with Gasteiger partial charge in [0.2, 0.25) is 18.6 Å². The number of fused-ring (bicyclic) bond motifs is 2. The monoisotopic (exact) mass is 403 g/mol. The minimum atomic E-state index is -0.544. The Morgan fingerprint density at radius 2 is 2.07 bits per heavy atom. The van der Waals surface area contributed by atoms with E-state index in [1.54, 1.807) is 16.7 Å². The van der Waals surface area contributed by atoms with E-state index in [4.69, 9.17) is 9.47 Å². The summed E-state index contributed by atoms with van der Waals surface area (Å²) in [5.41, 5.74) is 0.240. The Balaban J connectivity index is 1.96. The zero-order valence-electron chi connectivity index (χ0n) is 16.5. The van der Waals surface area contributed by atoms with Crippen LogP contribution in [-0.2, 0) is 11.3 Å². The highest BCUT2D eigenvalue weighted by atomic mass is 16.7. The number of hydrogen-bond donors (Lipinski definition) is 2. The number of amides is 2. The fraction of sp³-hybridized carbons (Fsp3) is 0.450. The van der Waals surface area contributed by atoms with Crippen molar-refractivity contribution in [1.82, 2.24) is 14.9 Å². The Morgan fingerprint density at radius 1 is 1.34 bits per heavy atom. The number of aryl methyl sites for hydroxylation is 1. The molecule has 0 radical (unpaired) electrons. The lowest BCUT2D eigenvalue weighted by Gasteiger charge is -2.21.